The smallest absolute Gasteiger partial charge is 0.261 e. The molecular weight excluding hydrogens is 330 g/mol. The molecule has 3 rings (SSSR count). The molecule has 0 aliphatic carbocycles. The predicted molar refractivity (Wildman–Crippen MR) is 91.0 cm³/mol. The fourth-order valence-electron chi connectivity index (χ4n) is 2.66. The fourth-order valence-corrected chi connectivity index (χ4v) is 2.85. The molecule has 1 aliphatic rings. The minimum absolute atomic E-state index is 0.155. The number of hydrogen-bond acceptors (Lipinski definition) is 4. The van der Waals surface area contributed by atoms with Crippen molar-refractivity contribution in [3.8, 4) is 17.2 Å². The van der Waals surface area contributed by atoms with E-state index in [2.05, 4.69) is 5.32 Å². The number of hydrogen-bond donors (Lipinski definition) is 1. The molecule has 6 heteroatoms. The quantitative estimate of drug-likeness (QED) is 0.903. The van der Waals surface area contributed by atoms with Gasteiger partial charge in [-0.25, -0.2) is 0 Å². The molecule has 1 aliphatic heterocycles. The Morgan fingerprint density at radius 1 is 1.21 bits per heavy atom. The second kappa shape index (κ2) is 7.01. The van der Waals surface area contributed by atoms with Crippen LogP contribution in [0.3, 0.4) is 0 Å². The zero-order chi connectivity index (χ0) is 17.1. The predicted octanol–water partition coefficient (Wildman–Crippen LogP) is 2.98. The average molecular weight is 348 g/mol. The standard InChI is InChI=1S/C18H18ClNO4/c1-22-15-5-3-11(7-16(15)23-2)10-20-18(21)17-9-12-8-13(19)4-6-14(12)24-17/h3-8,17H,9-10H2,1-2H3,(H,20,21)/t17-/m0/s1. The van der Waals surface area contributed by atoms with Gasteiger partial charge in [0.15, 0.2) is 17.6 Å². The van der Waals surface area contributed by atoms with Crippen molar-refractivity contribution in [2.45, 2.75) is 19.1 Å². The highest BCUT2D eigenvalue weighted by molar-refractivity contribution is 6.30. The zero-order valence-corrected chi connectivity index (χ0v) is 14.2. The van der Waals surface area contributed by atoms with E-state index in [1.165, 1.54) is 0 Å². The van der Waals surface area contributed by atoms with Crippen molar-refractivity contribution in [3.63, 3.8) is 0 Å². The van der Waals surface area contributed by atoms with E-state index in [0.29, 0.717) is 35.2 Å². The summed E-state index contributed by atoms with van der Waals surface area (Å²) < 4.78 is 16.1. The molecule has 1 atom stereocenters. The Morgan fingerprint density at radius 3 is 2.75 bits per heavy atom. The zero-order valence-electron chi connectivity index (χ0n) is 13.5. The highest BCUT2D eigenvalue weighted by atomic mass is 35.5. The molecular formula is C18H18ClNO4. The lowest BCUT2D eigenvalue weighted by molar-refractivity contribution is -0.127. The molecule has 0 saturated carbocycles. The lowest BCUT2D eigenvalue weighted by atomic mass is 10.1. The first-order valence-corrected chi connectivity index (χ1v) is 7.92. The van der Waals surface area contributed by atoms with Crippen molar-refractivity contribution >= 4 is 17.5 Å². The van der Waals surface area contributed by atoms with Gasteiger partial charge in [0.2, 0.25) is 0 Å². The summed E-state index contributed by atoms with van der Waals surface area (Å²) in [5.74, 6) is 1.84. The van der Waals surface area contributed by atoms with Crippen LogP contribution in [-0.2, 0) is 17.8 Å². The highest BCUT2D eigenvalue weighted by Crippen LogP contribution is 2.31. The molecule has 24 heavy (non-hydrogen) atoms. The Hall–Kier alpha value is -2.40. The Morgan fingerprint density at radius 2 is 2.00 bits per heavy atom. The molecule has 126 valence electrons. The first-order valence-electron chi connectivity index (χ1n) is 7.54. The largest absolute Gasteiger partial charge is 0.493 e. The number of nitrogens with one attached hydrogen (secondary N) is 1. The number of halogens is 1. The maximum Gasteiger partial charge on any atom is 0.261 e. The van der Waals surface area contributed by atoms with E-state index in [9.17, 15) is 4.79 Å². The number of benzene rings is 2. The van der Waals surface area contributed by atoms with E-state index in [-0.39, 0.29) is 5.91 Å². The topological polar surface area (TPSA) is 56.8 Å². The maximum absolute atomic E-state index is 12.3. The molecule has 0 unspecified atom stereocenters. The number of methoxy groups -OCH3 is 2. The third kappa shape index (κ3) is 3.41. The third-order valence-electron chi connectivity index (χ3n) is 3.90. The SMILES string of the molecule is COc1ccc(CNC(=O)[C@@H]2Cc3cc(Cl)ccc3O2)cc1OC. The normalized spacial score (nSPS) is 15.4. The number of rotatable bonds is 5. The molecule has 0 fully saturated rings. The summed E-state index contributed by atoms with van der Waals surface area (Å²) in [6.45, 7) is 0.385. The summed E-state index contributed by atoms with van der Waals surface area (Å²) in [5, 5.41) is 3.53. The van der Waals surface area contributed by atoms with Crippen LogP contribution in [0.15, 0.2) is 36.4 Å². The molecule has 1 amide bonds. The van der Waals surface area contributed by atoms with E-state index in [1.807, 2.05) is 24.3 Å². The second-order valence-electron chi connectivity index (χ2n) is 5.47. The molecule has 2 aromatic carbocycles. The van der Waals surface area contributed by atoms with Crippen molar-refractivity contribution in [2.24, 2.45) is 0 Å². The summed E-state index contributed by atoms with van der Waals surface area (Å²) in [6, 6.07) is 10.9. The van der Waals surface area contributed by atoms with Crippen LogP contribution in [-0.4, -0.2) is 26.2 Å². The van der Waals surface area contributed by atoms with E-state index >= 15 is 0 Å². The van der Waals surface area contributed by atoms with Crippen molar-refractivity contribution in [1.82, 2.24) is 5.32 Å². The van der Waals surface area contributed by atoms with Crippen LogP contribution in [0.5, 0.6) is 17.2 Å². The first-order chi connectivity index (χ1) is 11.6. The van der Waals surface area contributed by atoms with E-state index in [0.717, 1.165) is 11.1 Å². The van der Waals surface area contributed by atoms with Gasteiger partial charge in [-0.1, -0.05) is 17.7 Å². The van der Waals surface area contributed by atoms with Crippen molar-refractivity contribution in [3.05, 3.63) is 52.5 Å². The van der Waals surface area contributed by atoms with Gasteiger partial charge in [0, 0.05) is 18.0 Å². The lowest BCUT2D eigenvalue weighted by Gasteiger charge is -2.13. The second-order valence-corrected chi connectivity index (χ2v) is 5.91. The minimum Gasteiger partial charge on any atom is -0.493 e. The van der Waals surface area contributed by atoms with Gasteiger partial charge in [0.25, 0.3) is 5.91 Å². The molecule has 2 aromatic rings. The van der Waals surface area contributed by atoms with Gasteiger partial charge in [-0.05, 0) is 41.5 Å². The molecule has 0 bridgehead atoms. The third-order valence-corrected chi connectivity index (χ3v) is 4.14. The maximum atomic E-state index is 12.3. The van der Waals surface area contributed by atoms with Crippen LogP contribution < -0.4 is 19.5 Å². The number of amides is 1. The van der Waals surface area contributed by atoms with E-state index in [4.69, 9.17) is 25.8 Å². The van der Waals surface area contributed by atoms with Crippen LogP contribution in [0.4, 0.5) is 0 Å². The Bertz CT molecular complexity index is 763. The molecule has 0 spiro atoms. The van der Waals surface area contributed by atoms with Crippen LogP contribution >= 0.6 is 11.6 Å². The monoisotopic (exact) mass is 347 g/mol. The Labute approximate surface area is 145 Å². The van der Waals surface area contributed by atoms with Crippen LogP contribution in [0.1, 0.15) is 11.1 Å². The van der Waals surface area contributed by atoms with Crippen molar-refractivity contribution in [1.29, 1.82) is 0 Å². The van der Waals surface area contributed by atoms with Crippen LogP contribution in [0.2, 0.25) is 5.02 Å². The summed E-state index contributed by atoms with van der Waals surface area (Å²) in [6.07, 6.45) is -0.00758. The van der Waals surface area contributed by atoms with Gasteiger partial charge >= 0.3 is 0 Å². The minimum atomic E-state index is -0.529. The summed E-state index contributed by atoms with van der Waals surface area (Å²) in [4.78, 5) is 12.3. The molecule has 0 saturated heterocycles. The Kier molecular flexibility index (Phi) is 4.81. The van der Waals surface area contributed by atoms with Gasteiger partial charge in [0.05, 0.1) is 14.2 Å². The number of fused-ring (bicyclic) bond motifs is 1. The fraction of sp³-hybridized carbons (Fsp3) is 0.278. The molecule has 5 nitrogen and oxygen atoms in total. The molecule has 1 N–H and O–H groups in total. The molecule has 1 heterocycles. The van der Waals surface area contributed by atoms with Gasteiger partial charge in [0.1, 0.15) is 5.75 Å². The van der Waals surface area contributed by atoms with Gasteiger partial charge in [-0.3, -0.25) is 4.79 Å². The summed E-state index contributed by atoms with van der Waals surface area (Å²) in [5.41, 5.74) is 1.87. The Balaban J connectivity index is 1.61. The van der Waals surface area contributed by atoms with E-state index < -0.39 is 6.10 Å². The van der Waals surface area contributed by atoms with Gasteiger partial charge in [-0.2, -0.15) is 0 Å². The van der Waals surface area contributed by atoms with Gasteiger partial charge < -0.3 is 19.5 Å². The van der Waals surface area contributed by atoms with Crippen molar-refractivity contribution in [2.75, 3.05) is 14.2 Å². The molecule has 0 radical (unpaired) electrons. The highest BCUT2D eigenvalue weighted by Gasteiger charge is 2.29. The summed E-state index contributed by atoms with van der Waals surface area (Å²) >= 11 is 5.97. The average Bonchev–Trinajstić information content (AvgIpc) is 3.02. The number of carbonyl (C=O) groups excluding carboxylic acids is 1. The number of carbonyl (C=O) groups is 1. The van der Waals surface area contributed by atoms with Gasteiger partial charge in [-0.15, -0.1) is 0 Å². The van der Waals surface area contributed by atoms with Crippen LogP contribution in [0.25, 0.3) is 0 Å². The molecule has 0 aromatic heterocycles. The lowest BCUT2D eigenvalue weighted by Crippen LogP contribution is -2.37. The van der Waals surface area contributed by atoms with Crippen molar-refractivity contribution < 1.29 is 19.0 Å². The summed E-state index contributed by atoms with van der Waals surface area (Å²) in [7, 11) is 3.16. The first kappa shape index (κ1) is 16.5. The van der Waals surface area contributed by atoms with E-state index in [1.54, 1.807) is 26.4 Å². The number of ether oxygens (including phenoxy) is 3. The van der Waals surface area contributed by atoms with Crippen LogP contribution in [0, 0.1) is 0 Å².